The highest BCUT2D eigenvalue weighted by atomic mass is 16.5. The number of para-hydroxylation sites is 1. The van der Waals surface area contributed by atoms with Crippen molar-refractivity contribution in [3.05, 3.63) is 48.0 Å². The maximum absolute atomic E-state index is 13.5. The Balaban J connectivity index is 1.78. The molecule has 2 saturated heterocycles. The molecule has 2 fully saturated rings. The average molecular weight is 453 g/mol. The largest absolute Gasteiger partial charge is 0.504 e. The first-order valence-corrected chi connectivity index (χ1v) is 10.2. The minimum absolute atomic E-state index is 0.164. The summed E-state index contributed by atoms with van der Waals surface area (Å²) in [6.07, 6.45) is 0. The quantitative estimate of drug-likeness (QED) is 0.500. The fourth-order valence-electron chi connectivity index (χ4n) is 4.71. The fraction of sp³-hybridized carbons (Fsp3) is 0.304. The molecule has 4 atom stereocenters. The van der Waals surface area contributed by atoms with Crippen molar-refractivity contribution in [2.75, 3.05) is 17.3 Å². The Morgan fingerprint density at radius 3 is 2.36 bits per heavy atom. The van der Waals surface area contributed by atoms with Crippen molar-refractivity contribution < 1.29 is 34.1 Å². The van der Waals surface area contributed by atoms with Gasteiger partial charge in [-0.15, -0.1) is 0 Å². The van der Waals surface area contributed by atoms with Gasteiger partial charge in [-0.3, -0.25) is 24.5 Å². The van der Waals surface area contributed by atoms with E-state index in [0.29, 0.717) is 5.69 Å². The molecule has 2 aromatic carbocycles. The van der Waals surface area contributed by atoms with Crippen LogP contribution in [0, 0.1) is 11.8 Å². The number of aliphatic carboxylic acids is 1. The zero-order valence-corrected chi connectivity index (χ0v) is 18.2. The van der Waals surface area contributed by atoms with Gasteiger partial charge < -0.3 is 20.3 Å². The molecular weight excluding hydrogens is 430 g/mol. The van der Waals surface area contributed by atoms with E-state index in [9.17, 15) is 29.4 Å². The zero-order valence-electron chi connectivity index (χ0n) is 18.2. The van der Waals surface area contributed by atoms with E-state index < -0.39 is 41.2 Å². The van der Waals surface area contributed by atoms with Gasteiger partial charge in [-0.1, -0.05) is 12.1 Å². The number of fused-ring (bicyclic) bond motifs is 1. The number of nitrogens with one attached hydrogen (secondary N) is 2. The molecule has 2 aromatic rings. The molecule has 2 aliphatic rings. The predicted octanol–water partition coefficient (Wildman–Crippen LogP) is 1.65. The molecule has 2 heterocycles. The Labute approximate surface area is 189 Å². The number of anilines is 2. The summed E-state index contributed by atoms with van der Waals surface area (Å²) in [5.41, 5.74) is -0.738. The number of imide groups is 1. The second-order valence-corrected chi connectivity index (χ2v) is 8.27. The molecule has 10 nitrogen and oxygen atoms in total. The number of ether oxygens (including phenoxy) is 1. The van der Waals surface area contributed by atoms with Crippen LogP contribution in [0.5, 0.6) is 11.5 Å². The van der Waals surface area contributed by atoms with Crippen molar-refractivity contribution >= 4 is 35.1 Å². The lowest BCUT2D eigenvalue weighted by Gasteiger charge is -2.27. The number of carbonyl (C=O) groups excluding carboxylic acids is 3. The van der Waals surface area contributed by atoms with Crippen molar-refractivity contribution in [2.45, 2.75) is 25.4 Å². The molecule has 0 aliphatic carbocycles. The average Bonchev–Trinajstić information content (AvgIpc) is 3.22. The number of methoxy groups -OCH3 is 1. The molecule has 0 aromatic heterocycles. The molecule has 33 heavy (non-hydrogen) atoms. The summed E-state index contributed by atoms with van der Waals surface area (Å²) in [6.45, 7) is 2.72. The molecule has 172 valence electrons. The summed E-state index contributed by atoms with van der Waals surface area (Å²) in [4.78, 5) is 51.4. The Morgan fingerprint density at radius 2 is 1.79 bits per heavy atom. The summed E-state index contributed by atoms with van der Waals surface area (Å²) in [5, 5.41) is 26.1. The maximum atomic E-state index is 13.5. The monoisotopic (exact) mass is 453 g/mol. The number of carboxylic acids is 1. The van der Waals surface area contributed by atoms with Gasteiger partial charge in [-0.2, -0.15) is 0 Å². The highest BCUT2D eigenvalue weighted by Crippen LogP contribution is 2.51. The number of hydrogen-bond donors (Lipinski definition) is 4. The van der Waals surface area contributed by atoms with Gasteiger partial charge in [-0.25, -0.2) is 4.90 Å². The second-order valence-electron chi connectivity index (χ2n) is 8.27. The normalized spacial score (nSPS) is 26.3. The molecule has 0 unspecified atom stereocenters. The lowest BCUT2D eigenvalue weighted by Crippen LogP contribution is -2.53. The third-order valence-corrected chi connectivity index (χ3v) is 6.26. The molecular formula is C23H23N3O7. The number of aromatic hydroxyl groups is 1. The zero-order chi connectivity index (χ0) is 24.1. The standard InChI is InChI=1S/C23H23N3O7/c1-11(27)24-12-7-9-13(10-8-12)26-20(29)16-17(21(26)30)23(2,22(31)32)25-18(16)14-5-4-6-15(33-3)19(14)28/h4-10,16-18,25,28H,1-3H3,(H,24,27)(H,31,32)/t16-,17-,18-,23+/m0/s1. The van der Waals surface area contributed by atoms with Gasteiger partial charge in [0.2, 0.25) is 17.7 Å². The Morgan fingerprint density at radius 1 is 1.12 bits per heavy atom. The van der Waals surface area contributed by atoms with Crippen LogP contribution in [0.3, 0.4) is 0 Å². The van der Waals surface area contributed by atoms with Crippen LogP contribution in [0.25, 0.3) is 0 Å². The van der Waals surface area contributed by atoms with Crippen molar-refractivity contribution in [1.82, 2.24) is 5.32 Å². The van der Waals surface area contributed by atoms with Gasteiger partial charge in [0, 0.05) is 24.2 Å². The maximum Gasteiger partial charge on any atom is 0.324 e. The smallest absolute Gasteiger partial charge is 0.324 e. The SMILES string of the molecule is COc1cccc([C@@H]2N[C@@](C)(C(=O)O)[C@@H]3C(=O)N(c4ccc(NC(C)=O)cc4)C(=O)[C@@H]32)c1O. The molecule has 3 amide bonds. The molecule has 4 rings (SSSR count). The number of amides is 3. The van der Waals surface area contributed by atoms with Crippen molar-refractivity contribution in [2.24, 2.45) is 11.8 Å². The lowest BCUT2D eigenvalue weighted by atomic mass is 9.80. The van der Waals surface area contributed by atoms with E-state index in [-0.39, 0.29) is 28.7 Å². The first-order valence-electron chi connectivity index (χ1n) is 10.2. The highest BCUT2D eigenvalue weighted by molar-refractivity contribution is 6.24. The molecule has 2 aliphatic heterocycles. The van der Waals surface area contributed by atoms with Crippen LogP contribution >= 0.6 is 0 Å². The number of hydrogen-bond acceptors (Lipinski definition) is 7. The van der Waals surface area contributed by atoms with Crippen LogP contribution in [0.15, 0.2) is 42.5 Å². The minimum atomic E-state index is -1.75. The van der Waals surface area contributed by atoms with Gasteiger partial charge in [0.15, 0.2) is 11.5 Å². The van der Waals surface area contributed by atoms with Crippen LogP contribution in [-0.2, 0) is 19.2 Å². The third kappa shape index (κ3) is 3.39. The van der Waals surface area contributed by atoms with Gasteiger partial charge in [-0.05, 0) is 37.3 Å². The minimum Gasteiger partial charge on any atom is -0.504 e. The number of rotatable bonds is 5. The topological polar surface area (TPSA) is 145 Å². The van der Waals surface area contributed by atoms with Crippen LogP contribution in [0.4, 0.5) is 11.4 Å². The molecule has 0 radical (unpaired) electrons. The second kappa shape index (κ2) is 7.89. The molecule has 0 bridgehead atoms. The predicted molar refractivity (Wildman–Crippen MR) is 117 cm³/mol. The van der Waals surface area contributed by atoms with Gasteiger partial charge in [0.05, 0.1) is 24.6 Å². The summed E-state index contributed by atoms with van der Waals surface area (Å²) in [7, 11) is 1.38. The number of phenolic OH excluding ortho intramolecular Hbond substituents is 1. The van der Waals surface area contributed by atoms with Crippen molar-refractivity contribution in [1.29, 1.82) is 0 Å². The van der Waals surface area contributed by atoms with E-state index >= 15 is 0 Å². The van der Waals surface area contributed by atoms with E-state index in [1.165, 1.54) is 39.2 Å². The lowest BCUT2D eigenvalue weighted by molar-refractivity contribution is -0.147. The number of carboxylic acid groups (broad SMARTS) is 1. The molecule has 4 N–H and O–H groups in total. The van der Waals surface area contributed by atoms with Crippen LogP contribution in [0.2, 0.25) is 0 Å². The first-order chi connectivity index (χ1) is 15.6. The van der Waals surface area contributed by atoms with Gasteiger partial charge in [0.25, 0.3) is 0 Å². The molecule has 10 heteroatoms. The van der Waals surface area contributed by atoms with Crippen LogP contribution in [0.1, 0.15) is 25.5 Å². The number of benzene rings is 2. The third-order valence-electron chi connectivity index (χ3n) is 6.26. The highest BCUT2D eigenvalue weighted by Gasteiger charge is 2.67. The Bertz CT molecular complexity index is 1160. The van der Waals surface area contributed by atoms with E-state index in [2.05, 4.69) is 10.6 Å². The Hall–Kier alpha value is -3.92. The van der Waals surface area contributed by atoms with Crippen LogP contribution in [-0.4, -0.2) is 46.6 Å². The fourth-order valence-corrected chi connectivity index (χ4v) is 4.71. The van der Waals surface area contributed by atoms with Gasteiger partial charge in [0.1, 0.15) is 5.54 Å². The first kappa shape index (κ1) is 22.3. The summed E-state index contributed by atoms with van der Waals surface area (Å²) in [6, 6.07) is 9.87. The molecule has 0 spiro atoms. The summed E-state index contributed by atoms with van der Waals surface area (Å²) < 4.78 is 5.15. The van der Waals surface area contributed by atoms with Crippen LogP contribution < -0.4 is 20.3 Å². The van der Waals surface area contributed by atoms with E-state index in [4.69, 9.17) is 4.74 Å². The Kier molecular flexibility index (Phi) is 5.33. The number of phenols is 1. The van der Waals surface area contributed by atoms with Crippen molar-refractivity contribution in [3.8, 4) is 11.5 Å². The van der Waals surface area contributed by atoms with E-state index in [1.54, 1.807) is 24.3 Å². The van der Waals surface area contributed by atoms with Crippen molar-refractivity contribution in [3.63, 3.8) is 0 Å². The number of nitrogens with zero attached hydrogens (tertiary/aromatic N) is 1. The molecule has 0 saturated carbocycles. The summed E-state index contributed by atoms with van der Waals surface area (Å²) >= 11 is 0. The van der Waals surface area contributed by atoms with E-state index in [0.717, 1.165) is 4.90 Å². The summed E-state index contributed by atoms with van der Waals surface area (Å²) in [5.74, 6) is -5.12. The van der Waals surface area contributed by atoms with Gasteiger partial charge >= 0.3 is 5.97 Å². The van der Waals surface area contributed by atoms with E-state index in [1.807, 2.05) is 0 Å². The number of carbonyl (C=O) groups is 4.